The molecule has 0 aliphatic rings. The number of ether oxygens (including phenoxy) is 1. The average molecular weight is 290 g/mol. The lowest BCUT2D eigenvalue weighted by Crippen LogP contribution is -2.36. The summed E-state index contributed by atoms with van der Waals surface area (Å²) in [6, 6.07) is 0.960. The van der Waals surface area contributed by atoms with Gasteiger partial charge in [-0.25, -0.2) is 13.2 Å². The Morgan fingerprint density at radius 3 is 2.35 bits per heavy atom. The molecule has 0 radical (unpaired) electrons. The Kier molecular flexibility index (Phi) is 6.47. The Balaban J connectivity index is 2.98. The molecule has 1 amide bonds. The topological polar surface area (TPSA) is 55.6 Å². The molecule has 2 N–H and O–H groups in total. The summed E-state index contributed by atoms with van der Waals surface area (Å²) in [6.45, 7) is 0.979. The zero-order chi connectivity index (χ0) is 15.1. The van der Waals surface area contributed by atoms with Gasteiger partial charge in [0.15, 0.2) is 0 Å². The summed E-state index contributed by atoms with van der Waals surface area (Å²) >= 11 is 0. The molecule has 112 valence electrons. The Hall–Kier alpha value is -1.60. The van der Waals surface area contributed by atoms with Crippen molar-refractivity contribution in [2.75, 3.05) is 33.4 Å². The summed E-state index contributed by atoms with van der Waals surface area (Å²) in [7, 11) is 1.45. The Morgan fingerprint density at radius 1 is 1.25 bits per heavy atom. The fraction of sp³-hybridized carbons (Fsp3) is 0.462. The summed E-state index contributed by atoms with van der Waals surface area (Å²) in [5.74, 6) is -4.35. The molecule has 4 nitrogen and oxygen atoms in total. The number of halogens is 3. The van der Waals surface area contributed by atoms with Crippen LogP contribution >= 0.6 is 0 Å². The van der Waals surface area contributed by atoms with Gasteiger partial charge in [-0.1, -0.05) is 0 Å². The third-order valence-electron chi connectivity index (χ3n) is 2.71. The minimum atomic E-state index is -1.22. The molecule has 1 rings (SSSR count). The van der Waals surface area contributed by atoms with Gasteiger partial charge < -0.3 is 15.4 Å². The van der Waals surface area contributed by atoms with E-state index >= 15 is 0 Å². The van der Waals surface area contributed by atoms with Gasteiger partial charge in [0.05, 0.1) is 6.61 Å². The van der Waals surface area contributed by atoms with Crippen molar-refractivity contribution in [3.8, 4) is 0 Å². The quantitative estimate of drug-likeness (QED) is 0.829. The van der Waals surface area contributed by atoms with Crippen LogP contribution in [-0.4, -0.2) is 44.2 Å². The van der Waals surface area contributed by atoms with Crippen LogP contribution < -0.4 is 5.73 Å². The maximum atomic E-state index is 13.6. The fourth-order valence-electron chi connectivity index (χ4n) is 1.70. The fourth-order valence-corrected chi connectivity index (χ4v) is 1.70. The molecule has 0 unspecified atom stereocenters. The Morgan fingerprint density at radius 2 is 1.85 bits per heavy atom. The van der Waals surface area contributed by atoms with E-state index in [9.17, 15) is 18.0 Å². The third-order valence-corrected chi connectivity index (χ3v) is 2.71. The zero-order valence-electron chi connectivity index (χ0n) is 11.2. The van der Waals surface area contributed by atoms with E-state index in [0.29, 0.717) is 25.1 Å². The SMILES string of the molecule is COCCN(CCCN)C(=O)c1c(F)cc(F)cc1F. The largest absolute Gasteiger partial charge is 0.383 e. The average Bonchev–Trinajstić information content (AvgIpc) is 2.37. The first-order valence-electron chi connectivity index (χ1n) is 6.14. The number of benzene rings is 1. The van der Waals surface area contributed by atoms with Gasteiger partial charge in [-0.05, 0) is 13.0 Å². The number of methoxy groups -OCH3 is 1. The molecule has 0 aromatic heterocycles. The molecule has 7 heteroatoms. The van der Waals surface area contributed by atoms with Crippen molar-refractivity contribution in [2.45, 2.75) is 6.42 Å². The summed E-state index contributed by atoms with van der Waals surface area (Å²) < 4.78 is 44.8. The van der Waals surface area contributed by atoms with Gasteiger partial charge in [-0.15, -0.1) is 0 Å². The highest BCUT2D eigenvalue weighted by atomic mass is 19.1. The van der Waals surface area contributed by atoms with Crippen molar-refractivity contribution in [1.29, 1.82) is 0 Å². The van der Waals surface area contributed by atoms with E-state index < -0.39 is 28.9 Å². The van der Waals surface area contributed by atoms with Crippen LogP contribution in [-0.2, 0) is 4.74 Å². The number of nitrogens with zero attached hydrogens (tertiary/aromatic N) is 1. The van der Waals surface area contributed by atoms with Crippen LogP contribution in [0, 0.1) is 17.5 Å². The smallest absolute Gasteiger partial charge is 0.259 e. The number of rotatable bonds is 7. The van der Waals surface area contributed by atoms with Crippen LogP contribution in [0.4, 0.5) is 13.2 Å². The molecule has 0 heterocycles. The molecule has 0 aliphatic carbocycles. The van der Waals surface area contributed by atoms with Crippen LogP contribution in [0.5, 0.6) is 0 Å². The maximum Gasteiger partial charge on any atom is 0.259 e. The maximum absolute atomic E-state index is 13.6. The van der Waals surface area contributed by atoms with Crippen molar-refractivity contribution < 1.29 is 22.7 Å². The van der Waals surface area contributed by atoms with E-state index in [2.05, 4.69) is 0 Å². The van der Waals surface area contributed by atoms with Crippen LogP contribution in [0.3, 0.4) is 0 Å². The highest BCUT2D eigenvalue weighted by Crippen LogP contribution is 2.17. The summed E-state index contributed by atoms with van der Waals surface area (Å²) in [5.41, 5.74) is 4.59. The van der Waals surface area contributed by atoms with E-state index in [0.717, 1.165) is 0 Å². The van der Waals surface area contributed by atoms with E-state index in [1.807, 2.05) is 0 Å². The lowest BCUT2D eigenvalue weighted by atomic mass is 10.1. The molecule has 0 bridgehead atoms. The second-order valence-corrected chi connectivity index (χ2v) is 4.17. The molecule has 0 saturated heterocycles. The van der Waals surface area contributed by atoms with Gasteiger partial charge in [0, 0.05) is 32.3 Å². The molecular weight excluding hydrogens is 273 g/mol. The van der Waals surface area contributed by atoms with Gasteiger partial charge in [-0.2, -0.15) is 0 Å². The third kappa shape index (κ3) is 4.21. The lowest BCUT2D eigenvalue weighted by Gasteiger charge is -2.22. The highest BCUT2D eigenvalue weighted by Gasteiger charge is 2.23. The minimum Gasteiger partial charge on any atom is -0.383 e. The first-order chi connectivity index (χ1) is 9.51. The number of amides is 1. The standard InChI is InChI=1S/C13H17F3N2O2/c1-20-6-5-18(4-2-3-17)13(19)12-10(15)7-9(14)8-11(12)16/h7-8H,2-6,17H2,1H3. The predicted octanol–water partition coefficient (Wildman–Crippen LogP) is 1.54. The molecular formula is C13H17F3N2O2. The van der Waals surface area contributed by atoms with E-state index in [-0.39, 0.29) is 19.7 Å². The summed E-state index contributed by atoms with van der Waals surface area (Å²) in [4.78, 5) is 13.4. The number of hydrogen-bond acceptors (Lipinski definition) is 3. The Labute approximate surface area is 115 Å². The van der Waals surface area contributed by atoms with Crippen molar-refractivity contribution in [3.63, 3.8) is 0 Å². The first-order valence-corrected chi connectivity index (χ1v) is 6.14. The normalized spacial score (nSPS) is 10.7. The molecule has 0 aliphatic heterocycles. The molecule has 20 heavy (non-hydrogen) atoms. The van der Waals surface area contributed by atoms with Crippen LogP contribution in [0.15, 0.2) is 12.1 Å². The molecule has 1 aromatic carbocycles. The summed E-state index contributed by atoms with van der Waals surface area (Å²) in [5, 5.41) is 0. The van der Waals surface area contributed by atoms with Gasteiger partial charge >= 0.3 is 0 Å². The van der Waals surface area contributed by atoms with Crippen LogP contribution in [0.25, 0.3) is 0 Å². The number of hydrogen-bond donors (Lipinski definition) is 1. The second kappa shape index (κ2) is 7.86. The van der Waals surface area contributed by atoms with Crippen molar-refractivity contribution >= 4 is 5.91 Å². The molecule has 0 saturated carbocycles. The predicted molar refractivity (Wildman–Crippen MR) is 67.8 cm³/mol. The Bertz CT molecular complexity index is 438. The first kappa shape index (κ1) is 16.5. The highest BCUT2D eigenvalue weighted by molar-refractivity contribution is 5.94. The van der Waals surface area contributed by atoms with E-state index in [4.69, 9.17) is 10.5 Å². The zero-order valence-corrected chi connectivity index (χ0v) is 11.2. The van der Waals surface area contributed by atoms with Crippen molar-refractivity contribution in [3.05, 3.63) is 35.1 Å². The molecule has 0 fully saturated rings. The monoisotopic (exact) mass is 290 g/mol. The minimum absolute atomic E-state index is 0.172. The van der Waals surface area contributed by atoms with Gasteiger partial charge in [0.2, 0.25) is 0 Å². The van der Waals surface area contributed by atoms with Gasteiger partial charge in [-0.3, -0.25) is 4.79 Å². The lowest BCUT2D eigenvalue weighted by molar-refractivity contribution is 0.0685. The van der Waals surface area contributed by atoms with Crippen LogP contribution in [0.2, 0.25) is 0 Å². The summed E-state index contributed by atoms with van der Waals surface area (Å²) in [6.07, 6.45) is 0.486. The van der Waals surface area contributed by atoms with Crippen molar-refractivity contribution in [2.24, 2.45) is 5.73 Å². The van der Waals surface area contributed by atoms with Gasteiger partial charge in [0.1, 0.15) is 23.0 Å². The molecule has 0 atom stereocenters. The van der Waals surface area contributed by atoms with E-state index in [1.54, 1.807) is 0 Å². The van der Waals surface area contributed by atoms with E-state index in [1.165, 1.54) is 12.0 Å². The van der Waals surface area contributed by atoms with Crippen LogP contribution in [0.1, 0.15) is 16.8 Å². The number of carbonyl (C=O) groups excluding carboxylic acids is 1. The molecule has 1 aromatic rings. The second-order valence-electron chi connectivity index (χ2n) is 4.17. The number of nitrogens with two attached hydrogens (primary N) is 1. The van der Waals surface area contributed by atoms with Gasteiger partial charge in [0.25, 0.3) is 5.91 Å². The number of carbonyl (C=O) groups is 1. The molecule has 0 spiro atoms. The van der Waals surface area contributed by atoms with Crippen molar-refractivity contribution in [1.82, 2.24) is 4.90 Å².